The Hall–Kier alpha value is -2.82. The smallest absolute Gasteiger partial charge is 0.316 e. The van der Waals surface area contributed by atoms with Crippen molar-refractivity contribution in [1.82, 2.24) is 5.32 Å². The summed E-state index contributed by atoms with van der Waals surface area (Å²) >= 11 is 0. The van der Waals surface area contributed by atoms with Crippen LogP contribution in [0.1, 0.15) is 34.3 Å². The van der Waals surface area contributed by atoms with Crippen molar-refractivity contribution in [2.45, 2.75) is 25.2 Å². The third kappa shape index (κ3) is 3.40. The number of carbonyl (C=O) groups is 2. The molecule has 1 saturated carbocycles. The van der Waals surface area contributed by atoms with Gasteiger partial charge >= 0.3 is 6.03 Å². The van der Waals surface area contributed by atoms with Gasteiger partial charge in [0.25, 0.3) is 5.91 Å². The molecule has 0 spiro atoms. The Kier molecular flexibility index (Phi) is 4.25. The molecular weight excluding hydrogens is 302 g/mol. The van der Waals surface area contributed by atoms with Gasteiger partial charge in [-0.1, -0.05) is 30.3 Å². The van der Waals surface area contributed by atoms with Crippen molar-refractivity contribution >= 4 is 17.6 Å². The van der Waals surface area contributed by atoms with Crippen molar-refractivity contribution in [2.24, 2.45) is 5.73 Å². The van der Waals surface area contributed by atoms with Gasteiger partial charge in [-0.05, 0) is 49.1 Å². The van der Waals surface area contributed by atoms with E-state index in [4.69, 9.17) is 5.73 Å². The van der Waals surface area contributed by atoms with Crippen LogP contribution in [-0.4, -0.2) is 18.5 Å². The molecule has 5 heteroatoms. The van der Waals surface area contributed by atoms with Crippen LogP contribution in [0.2, 0.25) is 0 Å². The lowest BCUT2D eigenvalue weighted by Gasteiger charge is -2.19. The Morgan fingerprint density at radius 2 is 1.88 bits per heavy atom. The van der Waals surface area contributed by atoms with Crippen LogP contribution in [0.15, 0.2) is 48.5 Å². The molecule has 0 bridgehead atoms. The highest BCUT2D eigenvalue weighted by Crippen LogP contribution is 2.48. The van der Waals surface area contributed by atoms with E-state index in [1.807, 2.05) is 12.1 Å². The van der Waals surface area contributed by atoms with Crippen molar-refractivity contribution < 1.29 is 9.59 Å². The average molecular weight is 323 g/mol. The number of primary amides is 1. The van der Waals surface area contributed by atoms with Crippen molar-refractivity contribution in [3.8, 4) is 0 Å². The fraction of sp³-hybridized carbons (Fsp3) is 0.263. The van der Waals surface area contributed by atoms with Gasteiger partial charge in [0.15, 0.2) is 0 Å². The summed E-state index contributed by atoms with van der Waals surface area (Å²) in [7, 11) is 0. The normalized spacial score (nSPS) is 14.7. The number of nitrogens with one attached hydrogen (secondary N) is 2. The SMILES string of the molecule is Cc1ccccc1C1(CNC(=O)c2cccc(NC(N)=O)c2)CC1. The molecule has 0 aliphatic heterocycles. The predicted molar refractivity (Wildman–Crippen MR) is 94.1 cm³/mol. The molecule has 1 aliphatic rings. The summed E-state index contributed by atoms with van der Waals surface area (Å²) in [6.45, 7) is 2.72. The summed E-state index contributed by atoms with van der Waals surface area (Å²) in [4.78, 5) is 23.3. The van der Waals surface area contributed by atoms with Gasteiger partial charge in [-0.3, -0.25) is 4.79 Å². The molecule has 3 amide bonds. The number of aryl methyl sites for hydroxylation is 1. The summed E-state index contributed by atoms with van der Waals surface area (Å²) in [5, 5.41) is 5.50. The number of carbonyl (C=O) groups excluding carboxylic acids is 2. The standard InChI is InChI=1S/C19H21N3O2/c1-13-5-2-3-8-16(13)19(9-10-19)12-21-17(23)14-6-4-7-15(11-14)22-18(20)24/h2-8,11H,9-10,12H2,1H3,(H,21,23)(H3,20,22,24). The number of benzene rings is 2. The summed E-state index contributed by atoms with van der Waals surface area (Å²) in [5.41, 5.74) is 8.75. The molecule has 5 nitrogen and oxygen atoms in total. The van der Waals surface area contributed by atoms with E-state index in [2.05, 4.69) is 29.7 Å². The zero-order valence-electron chi connectivity index (χ0n) is 13.6. The summed E-state index contributed by atoms with van der Waals surface area (Å²) in [6.07, 6.45) is 2.17. The van der Waals surface area contributed by atoms with Crippen LogP contribution in [0.4, 0.5) is 10.5 Å². The van der Waals surface area contributed by atoms with Gasteiger partial charge in [0.05, 0.1) is 0 Å². The number of hydrogen-bond donors (Lipinski definition) is 3. The molecular formula is C19H21N3O2. The molecule has 0 aromatic heterocycles. The van der Waals surface area contributed by atoms with E-state index < -0.39 is 6.03 Å². The molecule has 124 valence electrons. The summed E-state index contributed by atoms with van der Waals surface area (Å²) in [5.74, 6) is -0.150. The monoisotopic (exact) mass is 323 g/mol. The molecule has 0 heterocycles. The maximum absolute atomic E-state index is 12.4. The highest BCUT2D eigenvalue weighted by Gasteiger charge is 2.45. The molecule has 1 fully saturated rings. The molecule has 0 radical (unpaired) electrons. The van der Waals surface area contributed by atoms with Crippen molar-refractivity contribution in [3.05, 3.63) is 65.2 Å². The van der Waals surface area contributed by atoms with E-state index in [9.17, 15) is 9.59 Å². The van der Waals surface area contributed by atoms with E-state index in [0.29, 0.717) is 17.8 Å². The molecule has 3 rings (SSSR count). The number of rotatable bonds is 5. The number of urea groups is 1. The highest BCUT2D eigenvalue weighted by molar-refractivity contribution is 5.96. The molecule has 0 unspecified atom stereocenters. The molecule has 0 atom stereocenters. The number of amides is 3. The van der Waals surface area contributed by atoms with E-state index in [1.54, 1.807) is 24.3 Å². The highest BCUT2D eigenvalue weighted by atomic mass is 16.2. The van der Waals surface area contributed by atoms with Crippen LogP contribution in [0.25, 0.3) is 0 Å². The van der Waals surface area contributed by atoms with Gasteiger partial charge in [0.2, 0.25) is 0 Å². The second kappa shape index (κ2) is 6.35. The van der Waals surface area contributed by atoms with Crippen LogP contribution in [0.3, 0.4) is 0 Å². The minimum Gasteiger partial charge on any atom is -0.351 e. The molecule has 24 heavy (non-hydrogen) atoms. The van der Waals surface area contributed by atoms with E-state index in [-0.39, 0.29) is 11.3 Å². The Labute approximate surface area is 141 Å². The maximum atomic E-state index is 12.4. The largest absolute Gasteiger partial charge is 0.351 e. The maximum Gasteiger partial charge on any atom is 0.316 e. The van der Waals surface area contributed by atoms with Gasteiger partial charge in [0.1, 0.15) is 0 Å². The topological polar surface area (TPSA) is 84.2 Å². The quantitative estimate of drug-likeness (QED) is 0.790. The first-order valence-electron chi connectivity index (χ1n) is 8.01. The third-order valence-electron chi connectivity index (χ3n) is 4.55. The Bertz CT molecular complexity index is 782. The van der Waals surface area contributed by atoms with Crippen LogP contribution in [0.5, 0.6) is 0 Å². The molecule has 2 aromatic rings. The van der Waals surface area contributed by atoms with Crippen LogP contribution in [0, 0.1) is 6.92 Å². The van der Waals surface area contributed by atoms with E-state index >= 15 is 0 Å². The van der Waals surface area contributed by atoms with Crippen LogP contribution in [-0.2, 0) is 5.41 Å². The van der Waals surface area contributed by atoms with Crippen LogP contribution < -0.4 is 16.4 Å². The van der Waals surface area contributed by atoms with Gasteiger partial charge in [-0.25, -0.2) is 4.79 Å². The van der Waals surface area contributed by atoms with Gasteiger partial charge in [0, 0.05) is 23.2 Å². The zero-order chi connectivity index (χ0) is 17.2. The Balaban J connectivity index is 1.68. The van der Waals surface area contributed by atoms with Gasteiger partial charge in [-0.2, -0.15) is 0 Å². The summed E-state index contributed by atoms with van der Waals surface area (Å²) in [6, 6.07) is 14.4. The summed E-state index contributed by atoms with van der Waals surface area (Å²) < 4.78 is 0. The first kappa shape index (κ1) is 16.1. The number of hydrogen-bond acceptors (Lipinski definition) is 2. The number of nitrogens with two attached hydrogens (primary N) is 1. The first-order chi connectivity index (χ1) is 11.5. The van der Waals surface area contributed by atoms with Gasteiger partial charge in [-0.15, -0.1) is 0 Å². The average Bonchev–Trinajstić information content (AvgIpc) is 3.34. The lowest BCUT2D eigenvalue weighted by Crippen LogP contribution is -2.32. The zero-order valence-corrected chi connectivity index (χ0v) is 13.6. The van der Waals surface area contributed by atoms with E-state index in [1.165, 1.54) is 11.1 Å². The second-order valence-electron chi connectivity index (χ2n) is 6.35. The fourth-order valence-corrected chi connectivity index (χ4v) is 3.09. The second-order valence-corrected chi connectivity index (χ2v) is 6.35. The van der Waals surface area contributed by atoms with Crippen molar-refractivity contribution in [2.75, 3.05) is 11.9 Å². The molecule has 4 N–H and O–H groups in total. The number of anilines is 1. The van der Waals surface area contributed by atoms with Gasteiger partial charge < -0.3 is 16.4 Å². The predicted octanol–water partition coefficient (Wildman–Crippen LogP) is 2.95. The van der Waals surface area contributed by atoms with Crippen molar-refractivity contribution in [3.63, 3.8) is 0 Å². The lowest BCUT2D eigenvalue weighted by atomic mass is 9.92. The minimum absolute atomic E-state index is 0.0596. The third-order valence-corrected chi connectivity index (χ3v) is 4.55. The first-order valence-corrected chi connectivity index (χ1v) is 8.01. The molecule has 0 saturated heterocycles. The van der Waals surface area contributed by atoms with Crippen LogP contribution >= 0.6 is 0 Å². The lowest BCUT2D eigenvalue weighted by molar-refractivity contribution is 0.0949. The fourth-order valence-electron chi connectivity index (χ4n) is 3.09. The molecule has 1 aliphatic carbocycles. The van der Waals surface area contributed by atoms with Crippen molar-refractivity contribution in [1.29, 1.82) is 0 Å². The molecule has 2 aromatic carbocycles. The Morgan fingerprint density at radius 1 is 1.12 bits per heavy atom. The minimum atomic E-state index is -0.649. The van der Waals surface area contributed by atoms with E-state index in [0.717, 1.165) is 12.8 Å². The Morgan fingerprint density at radius 3 is 2.54 bits per heavy atom.